The molecule has 9 heteroatoms. The predicted octanol–water partition coefficient (Wildman–Crippen LogP) is 3.23. The second kappa shape index (κ2) is 7.91. The topological polar surface area (TPSA) is 64.0 Å². The lowest BCUT2D eigenvalue weighted by atomic mass is 10.1. The van der Waals surface area contributed by atoms with Crippen LogP contribution in [-0.2, 0) is 23.9 Å². The van der Waals surface area contributed by atoms with Crippen LogP contribution in [0, 0.1) is 0 Å². The van der Waals surface area contributed by atoms with Gasteiger partial charge in [0.15, 0.2) is 0 Å². The Bertz CT molecular complexity index is 993. The van der Waals surface area contributed by atoms with Gasteiger partial charge >= 0.3 is 6.18 Å². The molecule has 3 rings (SSSR count). The number of thiophene rings is 1. The van der Waals surface area contributed by atoms with E-state index in [0.29, 0.717) is 28.7 Å². The molecule has 1 N–H and O–H groups in total. The fourth-order valence-corrected chi connectivity index (χ4v) is 3.29. The second-order valence-electron chi connectivity index (χ2n) is 5.93. The molecular weight excluding hydrogens is 379 g/mol. The summed E-state index contributed by atoms with van der Waals surface area (Å²) in [4.78, 5) is 29.0. The van der Waals surface area contributed by atoms with Crippen LogP contribution in [-0.4, -0.2) is 22.0 Å². The number of nitrogens with zero attached hydrogens (tertiary/aromatic N) is 2. The number of halogens is 3. The van der Waals surface area contributed by atoms with Crippen LogP contribution in [0.4, 0.5) is 13.2 Å². The van der Waals surface area contributed by atoms with Gasteiger partial charge in [0.05, 0.1) is 17.3 Å². The summed E-state index contributed by atoms with van der Waals surface area (Å²) >= 11 is 1.38. The Labute approximate surface area is 156 Å². The highest BCUT2D eigenvalue weighted by Crippen LogP contribution is 2.29. The molecule has 0 aliphatic heterocycles. The van der Waals surface area contributed by atoms with Crippen molar-refractivity contribution in [3.8, 4) is 0 Å². The van der Waals surface area contributed by atoms with Gasteiger partial charge in [0.25, 0.3) is 5.56 Å². The summed E-state index contributed by atoms with van der Waals surface area (Å²) in [5.74, 6) is -0.237. The van der Waals surface area contributed by atoms with Crippen molar-refractivity contribution < 1.29 is 18.0 Å². The number of amides is 1. The molecule has 2 heterocycles. The largest absolute Gasteiger partial charge is 0.416 e. The maximum absolute atomic E-state index is 12.5. The maximum atomic E-state index is 12.5. The monoisotopic (exact) mass is 395 g/mol. The Balaban J connectivity index is 1.47. The van der Waals surface area contributed by atoms with Gasteiger partial charge in [0.1, 0.15) is 4.83 Å². The number of aryl methyl sites for hydroxylation is 1. The Morgan fingerprint density at radius 3 is 2.63 bits per heavy atom. The molecule has 0 aliphatic rings. The van der Waals surface area contributed by atoms with Crippen LogP contribution >= 0.6 is 11.3 Å². The highest BCUT2D eigenvalue weighted by Gasteiger charge is 2.29. The predicted molar refractivity (Wildman–Crippen MR) is 96.7 cm³/mol. The fraction of sp³-hybridized carbons (Fsp3) is 0.278. The lowest BCUT2D eigenvalue weighted by Crippen LogP contribution is -2.28. The minimum atomic E-state index is -4.36. The van der Waals surface area contributed by atoms with Crippen molar-refractivity contribution in [2.75, 3.05) is 6.54 Å². The van der Waals surface area contributed by atoms with Crippen LogP contribution in [0.15, 0.2) is 46.8 Å². The molecule has 27 heavy (non-hydrogen) atoms. The number of hydrogen-bond acceptors (Lipinski definition) is 4. The number of carbonyl (C=O) groups is 1. The second-order valence-corrected chi connectivity index (χ2v) is 6.82. The Hall–Kier alpha value is -2.68. The van der Waals surface area contributed by atoms with Crippen molar-refractivity contribution >= 4 is 27.5 Å². The first kappa shape index (κ1) is 19.1. The molecule has 5 nitrogen and oxygen atoms in total. The molecule has 2 aromatic heterocycles. The van der Waals surface area contributed by atoms with Crippen molar-refractivity contribution in [1.29, 1.82) is 0 Å². The van der Waals surface area contributed by atoms with E-state index >= 15 is 0 Å². The lowest BCUT2D eigenvalue weighted by Gasteiger charge is -2.09. The molecule has 142 valence electrons. The quantitative estimate of drug-likeness (QED) is 0.697. The summed E-state index contributed by atoms with van der Waals surface area (Å²) in [6.45, 7) is 0.518. The van der Waals surface area contributed by atoms with Crippen LogP contribution in [0.25, 0.3) is 10.2 Å². The molecule has 0 unspecified atom stereocenters. The molecule has 0 saturated heterocycles. The standard InChI is InChI=1S/C18H16F3N3O2S/c19-18(20,21)13-3-1-12(2-4-13)5-8-22-15(25)6-9-24-11-23-16-14(17(24)26)7-10-27-16/h1-4,7,10-11H,5-6,8-9H2,(H,22,25). The Morgan fingerprint density at radius 2 is 1.93 bits per heavy atom. The molecule has 1 amide bonds. The number of aromatic nitrogens is 2. The van der Waals surface area contributed by atoms with E-state index in [9.17, 15) is 22.8 Å². The van der Waals surface area contributed by atoms with E-state index in [1.165, 1.54) is 34.4 Å². The summed E-state index contributed by atoms with van der Waals surface area (Å²) in [6.07, 6.45) is -2.39. The Morgan fingerprint density at radius 1 is 1.19 bits per heavy atom. The summed E-state index contributed by atoms with van der Waals surface area (Å²) in [7, 11) is 0. The number of nitrogens with one attached hydrogen (secondary N) is 1. The van der Waals surface area contributed by atoms with Crippen molar-refractivity contribution in [3.63, 3.8) is 0 Å². The molecule has 0 radical (unpaired) electrons. The summed E-state index contributed by atoms with van der Waals surface area (Å²) in [5, 5.41) is 5.02. The van der Waals surface area contributed by atoms with Crippen LogP contribution in [0.2, 0.25) is 0 Å². The smallest absolute Gasteiger partial charge is 0.356 e. The van der Waals surface area contributed by atoms with E-state index < -0.39 is 11.7 Å². The normalized spacial score (nSPS) is 11.7. The van der Waals surface area contributed by atoms with E-state index in [2.05, 4.69) is 10.3 Å². The van der Waals surface area contributed by atoms with Gasteiger partial charge in [0, 0.05) is 19.5 Å². The molecule has 0 atom stereocenters. The first-order valence-electron chi connectivity index (χ1n) is 8.20. The average molecular weight is 395 g/mol. The molecule has 0 saturated carbocycles. The van der Waals surface area contributed by atoms with E-state index in [0.717, 1.165) is 12.1 Å². The molecule has 3 aromatic rings. The summed E-state index contributed by atoms with van der Waals surface area (Å²) < 4.78 is 38.9. The van der Waals surface area contributed by atoms with Crippen molar-refractivity contribution in [3.05, 3.63) is 63.5 Å². The van der Waals surface area contributed by atoms with E-state index in [1.54, 1.807) is 11.4 Å². The lowest BCUT2D eigenvalue weighted by molar-refractivity contribution is -0.137. The van der Waals surface area contributed by atoms with Crippen molar-refractivity contribution in [1.82, 2.24) is 14.9 Å². The van der Waals surface area contributed by atoms with Crippen LogP contribution in [0.3, 0.4) is 0 Å². The summed E-state index contributed by atoms with van der Waals surface area (Å²) in [5.41, 5.74) is -0.178. The minimum Gasteiger partial charge on any atom is -0.356 e. The third-order valence-electron chi connectivity index (χ3n) is 4.05. The molecule has 0 fully saturated rings. The minimum absolute atomic E-state index is 0.115. The molecule has 0 spiro atoms. The van der Waals surface area contributed by atoms with Gasteiger partial charge in [0.2, 0.25) is 5.91 Å². The number of benzene rings is 1. The third kappa shape index (κ3) is 4.73. The van der Waals surface area contributed by atoms with Gasteiger partial charge in [-0.25, -0.2) is 4.98 Å². The zero-order valence-electron chi connectivity index (χ0n) is 14.1. The number of hydrogen-bond donors (Lipinski definition) is 1. The molecule has 0 aliphatic carbocycles. The van der Waals surface area contributed by atoms with Crippen LogP contribution in [0.1, 0.15) is 17.5 Å². The van der Waals surface area contributed by atoms with Gasteiger partial charge in [-0.3, -0.25) is 14.2 Å². The zero-order chi connectivity index (χ0) is 19.4. The van der Waals surface area contributed by atoms with E-state index in [4.69, 9.17) is 0 Å². The van der Waals surface area contributed by atoms with Crippen molar-refractivity contribution in [2.45, 2.75) is 25.6 Å². The Kier molecular flexibility index (Phi) is 5.59. The van der Waals surface area contributed by atoms with Crippen LogP contribution < -0.4 is 10.9 Å². The zero-order valence-corrected chi connectivity index (χ0v) is 14.9. The SMILES string of the molecule is O=C(CCn1cnc2sccc2c1=O)NCCc1ccc(C(F)(F)F)cc1. The van der Waals surface area contributed by atoms with E-state index in [-0.39, 0.29) is 24.4 Å². The van der Waals surface area contributed by atoms with Gasteiger partial charge in [-0.05, 0) is 35.6 Å². The molecular formula is C18H16F3N3O2S. The number of carbonyl (C=O) groups excluding carboxylic acids is 1. The van der Waals surface area contributed by atoms with Gasteiger partial charge < -0.3 is 5.32 Å². The van der Waals surface area contributed by atoms with E-state index in [1.807, 2.05) is 0 Å². The number of alkyl halides is 3. The highest BCUT2D eigenvalue weighted by atomic mass is 32.1. The first-order chi connectivity index (χ1) is 12.8. The van der Waals surface area contributed by atoms with Crippen LogP contribution in [0.5, 0.6) is 0 Å². The summed E-state index contributed by atoms with van der Waals surface area (Å²) in [6, 6.07) is 6.55. The highest BCUT2D eigenvalue weighted by molar-refractivity contribution is 7.16. The molecule has 0 bridgehead atoms. The first-order valence-corrected chi connectivity index (χ1v) is 9.08. The number of rotatable bonds is 6. The van der Waals surface area contributed by atoms with Gasteiger partial charge in [-0.2, -0.15) is 13.2 Å². The molecule has 1 aromatic carbocycles. The number of fused-ring (bicyclic) bond motifs is 1. The maximum Gasteiger partial charge on any atom is 0.416 e. The van der Waals surface area contributed by atoms with Gasteiger partial charge in [-0.1, -0.05) is 12.1 Å². The van der Waals surface area contributed by atoms with Crippen molar-refractivity contribution in [2.24, 2.45) is 0 Å². The third-order valence-corrected chi connectivity index (χ3v) is 4.87. The fourth-order valence-electron chi connectivity index (χ4n) is 2.57. The van der Waals surface area contributed by atoms with Gasteiger partial charge in [-0.15, -0.1) is 11.3 Å². The average Bonchev–Trinajstić information content (AvgIpc) is 3.10.